The Labute approximate surface area is 430 Å². The predicted molar refractivity (Wildman–Crippen MR) is 273 cm³/mol. The highest BCUT2D eigenvalue weighted by Gasteiger charge is 2.50. The molecule has 0 spiro atoms. The molecule has 18 nitrogen and oxygen atoms in total. The van der Waals surface area contributed by atoms with Crippen molar-refractivity contribution in [3.05, 3.63) is 95.6 Å². The number of carbonyl (C=O) groups excluding carboxylic acids is 6. The topological polar surface area (TPSA) is 248 Å². The number of hydrogen-bond acceptors (Lipinski definition) is 13. The van der Waals surface area contributed by atoms with Crippen LogP contribution in [0.4, 0.5) is 0 Å². The molecule has 2 fully saturated rings. The van der Waals surface area contributed by atoms with Gasteiger partial charge in [-0.2, -0.15) is 0 Å². The van der Waals surface area contributed by atoms with E-state index in [1.807, 2.05) is 88.4 Å². The second-order valence-electron chi connectivity index (χ2n) is 19.7. The van der Waals surface area contributed by atoms with Crippen molar-refractivity contribution in [2.45, 2.75) is 116 Å². The van der Waals surface area contributed by atoms with E-state index in [0.29, 0.717) is 63.4 Å². The van der Waals surface area contributed by atoms with Crippen LogP contribution in [0.2, 0.25) is 0 Å². The molecule has 0 aromatic heterocycles. The maximum Gasteiger partial charge on any atom is 0.310 e. The van der Waals surface area contributed by atoms with Crippen LogP contribution in [-0.2, 0) is 67.7 Å². The number of morpholine rings is 1. The van der Waals surface area contributed by atoms with Crippen LogP contribution in [-0.4, -0.2) is 135 Å². The molecule has 5 atom stereocenters. The first-order valence-electron chi connectivity index (χ1n) is 24.7. The lowest BCUT2D eigenvalue weighted by Crippen LogP contribution is -2.61. The number of benzene rings is 3. The number of amides is 4. The Hall–Kier alpha value is -6.17. The lowest BCUT2D eigenvalue weighted by molar-refractivity contribution is -0.940. The van der Waals surface area contributed by atoms with E-state index >= 15 is 0 Å². The van der Waals surface area contributed by atoms with Crippen LogP contribution in [0, 0.1) is 24.2 Å². The third kappa shape index (κ3) is 21.1. The van der Waals surface area contributed by atoms with E-state index in [1.165, 1.54) is 0 Å². The Kier molecular flexibility index (Phi) is 23.0. The molecule has 4 N–H and O–H groups in total. The number of esters is 1. The number of ether oxygens (including phenoxy) is 4. The molecular formula is C54H73N5O13S. The Balaban J connectivity index is 0.00000220. The Morgan fingerprint density at radius 2 is 1.33 bits per heavy atom. The van der Waals surface area contributed by atoms with Gasteiger partial charge in [0.25, 0.3) is 5.91 Å². The highest BCUT2D eigenvalue weighted by molar-refractivity contribution is 7.84. The SMILES string of the molecule is C#CCOc1cc(OC(=O)CC)ccc1C[N+]1(CC(=O)N[C@@H](CCc2ccccc2)C(=O)N[C@@H](CC(C)C)C(=O)N[C@@H](Cc2ccccc2)C(=O)N[C@@H](CC(C)C)C(=O)[C@@]2(C)CO2)CCOCC1.CS(=O)(=O)[O-]. The van der Waals surface area contributed by atoms with Crippen molar-refractivity contribution in [2.75, 3.05) is 52.3 Å². The van der Waals surface area contributed by atoms with E-state index in [1.54, 1.807) is 32.0 Å². The second kappa shape index (κ2) is 28.3. The number of rotatable bonds is 26. The maximum atomic E-state index is 14.5. The number of epoxide rings is 1. The minimum atomic E-state index is -3.92. The molecule has 3 aromatic rings. The van der Waals surface area contributed by atoms with Crippen LogP contribution >= 0.6 is 0 Å². The maximum absolute atomic E-state index is 14.5. The third-order valence-electron chi connectivity index (χ3n) is 12.2. The number of hydrogen-bond donors (Lipinski definition) is 4. The minimum absolute atomic E-state index is 0.00258. The first kappa shape index (κ1) is 59.4. The highest BCUT2D eigenvalue weighted by atomic mass is 32.2. The van der Waals surface area contributed by atoms with E-state index in [2.05, 4.69) is 27.2 Å². The predicted octanol–water partition coefficient (Wildman–Crippen LogP) is 3.79. The van der Waals surface area contributed by atoms with Crippen LogP contribution in [0.3, 0.4) is 0 Å². The number of ketones is 1. The summed E-state index contributed by atoms with van der Waals surface area (Å²) in [6.07, 6.45) is 7.78. The van der Waals surface area contributed by atoms with Crippen molar-refractivity contribution in [3.63, 3.8) is 0 Å². The molecule has 0 unspecified atom stereocenters. The molecule has 2 aliphatic rings. The van der Waals surface area contributed by atoms with Crippen LogP contribution in [0.1, 0.15) is 83.9 Å². The summed E-state index contributed by atoms with van der Waals surface area (Å²) in [7, 11) is -3.92. The van der Waals surface area contributed by atoms with E-state index in [9.17, 15) is 28.8 Å². The molecule has 2 saturated heterocycles. The normalized spacial score (nSPS) is 17.5. The fraction of sp³-hybridized carbons (Fsp3) is 0.519. The van der Waals surface area contributed by atoms with Gasteiger partial charge in [0.1, 0.15) is 61.5 Å². The monoisotopic (exact) mass is 1030 g/mol. The summed E-state index contributed by atoms with van der Waals surface area (Å²) < 4.78 is 50.1. The van der Waals surface area contributed by atoms with Gasteiger partial charge in [0.15, 0.2) is 12.3 Å². The molecular weight excluding hydrogens is 959 g/mol. The molecule has 398 valence electrons. The number of nitrogens with one attached hydrogen (secondary N) is 4. The minimum Gasteiger partial charge on any atom is -0.748 e. The molecule has 19 heteroatoms. The summed E-state index contributed by atoms with van der Waals surface area (Å²) in [5, 5.41) is 11.8. The van der Waals surface area contributed by atoms with Gasteiger partial charge in [-0.05, 0) is 67.7 Å². The molecule has 0 bridgehead atoms. The lowest BCUT2D eigenvalue weighted by Gasteiger charge is -2.41. The Morgan fingerprint density at radius 1 is 0.795 bits per heavy atom. The zero-order valence-electron chi connectivity index (χ0n) is 43.1. The van der Waals surface area contributed by atoms with Crippen molar-refractivity contribution < 1.29 is 65.2 Å². The summed E-state index contributed by atoms with van der Waals surface area (Å²) in [5.41, 5.74) is 1.54. The standard InChI is InChI=1S/C53H69N5O10.CH4O3S/c1-8-26-66-46-32-41(68-48(60)9-2)22-21-40(46)33-58(24-27-65-28-25-58)34-47(59)54-42(23-20-38-16-12-10-13-17-38)50(62)56-44(30-37(5)6)51(63)57-45(31-39-18-14-11-15-19-39)52(64)55-43(29-36(3)4)49(61)53(7)35-67-53;1-5(2,3)4/h1,10-19,21-22,32,36-37,42-45H,9,20,23-31,33-35H2,2-7H3,(H3-,54,55,56,57,59,62,63,64);1H3,(H,2,3,4)/t42-,43-,44-,45-,53+;/m0./s1. The number of terminal acetylenes is 1. The smallest absolute Gasteiger partial charge is 0.310 e. The van der Waals surface area contributed by atoms with Gasteiger partial charge in [-0.3, -0.25) is 28.8 Å². The number of carbonyl (C=O) groups is 6. The fourth-order valence-electron chi connectivity index (χ4n) is 8.32. The van der Waals surface area contributed by atoms with Crippen molar-refractivity contribution in [3.8, 4) is 23.8 Å². The summed E-state index contributed by atoms with van der Waals surface area (Å²) in [6, 6.07) is 19.9. The molecule has 2 heterocycles. The number of quaternary nitrogens is 1. The van der Waals surface area contributed by atoms with Gasteiger partial charge in [-0.25, -0.2) is 8.42 Å². The second-order valence-corrected chi connectivity index (χ2v) is 21.1. The molecule has 4 amide bonds. The number of aryl methyl sites for hydroxylation is 1. The molecule has 0 saturated carbocycles. The first-order valence-corrected chi connectivity index (χ1v) is 26.5. The zero-order valence-corrected chi connectivity index (χ0v) is 43.9. The third-order valence-corrected chi connectivity index (χ3v) is 12.2. The van der Waals surface area contributed by atoms with Crippen molar-refractivity contribution in [1.82, 2.24) is 21.3 Å². The molecule has 0 aliphatic carbocycles. The van der Waals surface area contributed by atoms with Gasteiger partial charge in [0, 0.05) is 30.7 Å². The summed E-state index contributed by atoms with van der Waals surface area (Å²) in [6.45, 7) is 13.6. The molecule has 2 aliphatic heterocycles. The summed E-state index contributed by atoms with van der Waals surface area (Å²) >= 11 is 0. The number of Topliss-reactive ketones (excluding diaryl/α,β-unsaturated/α-hetero) is 1. The van der Waals surface area contributed by atoms with Crippen LogP contribution in [0.25, 0.3) is 0 Å². The van der Waals surface area contributed by atoms with Crippen LogP contribution < -0.4 is 30.7 Å². The van der Waals surface area contributed by atoms with Gasteiger partial charge in [0.2, 0.25) is 17.7 Å². The van der Waals surface area contributed by atoms with E-state index in [0.717, 1.165) is 16.7 Å². The van der Waals surface area contributed by atoms with Crippen molar-refractivity contribution in [2.24, 2.45) is 11.8 Å². The Bertz CT molecular complexity index is 2460. The van der Waals surface area contributed by atoms with E-state index in [4.69, 9.17) is 38.3 Å². The quantitative estimate of drug-likeness (QED) is 0.0224. The van der Waals surface area contributed by atoms with Crippen molar-refractivity contribution in [1.29, 1.82) is 0 Å². The van der Waals surface area contributed by atoms with Gasteiger partial charge >= 0.3 is 5.97 Å². The molecule has 73 heavy (non-hydrogen) atoms. The van der Waals surface area contributed by atoms with Crippen LogP contribution in [0.5, 0.6) is 11.5 Å². The van der Waals surface area contributed by atoms with Gasteiger partial charge in [-0.1, -0.05) is 101 Å². The summed E-state index contributed by atoms with van der Waals surface area (Å²) in [5.74, 6) is 0.610. The lowest BCUT2D eigenvalue weighted by atomic mass is 9.93. The average Bonchev–Trinajstić information content (AvgIpc) is 4.09. The van der Waals surface area contributed by atoms with Gasteiger partial charge in [0.05, 0.1) is 36.0 Å². The van der Waals surface area contributed by atoms with Gasteiger partial charge in [-0.15, -0.1) is 6.42 Å². The highest BCUT2D eigenvalue weighted by Crippen LogP contribution is 2.31. The van der Waals surface area contributed by atoms with Crippen molar-refractivity contribution >= 4 is 45.5 Å². The molecule has 5 rings (SSSR count). The summed E-state index contributed by atoms with van der Waals surface area (Å²) in [4.78, 5) is 83.1. The zero-order chi connectivity index (χ0) is 53.8. The van der Waals surface area contributed by atoms with E-state index in [-0.39, 0.29) is 73.5 Å². The fourth-order valence-corrected chi connectivity index (χ4v) is 8.32. The average molecular weight is 1030 g/mol. The van der Waals surface area contributed by atoms with Gasteiger partial charge < -0.3 is 49.3 Å². The first-order chi connectivity index (χ1) is 34.5. The largest absolute Gasteiger partial charge is 0.748 e. The van der Waals surface area contributed by atoms with Crippen LogP contribution in [0.15, 0.2) is 78.9 Å². The molecule has 0 radical (unpaired) electrons. The van der Waals surface area contributed by atoms with E-state index < -0.39 is 63.6 Å². The number of nitrogens with zero attached hydrogens (tertiary/aromatic N) is 1. The molecule has 3 aromatic carbocycles. The Morgan fingerprint density at radius 3 is 1.89 bits per heavy atom.